The third-order valence-electron chi connectivity index (χ3n) is 2.41. The lowest BCUT2D eigenvalue weighted by molar-refractivity contribution is -0.141. The highest BCUT2D eigenvalue weighted by molar-refractivity contribution is 5.35. The van der Waals surface area contributed by atoms with Gasteiger partial charge in [-0.1, -0.05) is 6.07 Å². The molecule has 0 aliphatic heterocycles. The van der Waals surface area contributed by atoms with Crippen molar-refractivity contribution >= 4 is 5.82 Å². The monoisotopic (exact) mass is 289 g/mol. The largest absolute Gasteiger partial charge is 0.435 e. The van der Waals surface area contributed by atoms with Crippen LogP contribution in [0.5, 0.6) is 0 Å². The first kappa shape index (κ1) is 14.2. The molecule has 3 nitrogen and oxygen atoms in total. The van der Waals surface area contributed by atoms with Gasteiger partial charge < -0.3 is 5.32 Å². The van der Waals surface area contributed by atoms with Gasteiger partial charge in [0, 0.05) is 6.54 Å². The maximum atomic E-state index is 12.9. The Bertz CT molecular complexity index is 595. The number of anilines is 1. The highest BCUT2D eigenvalue weighted by Crippen LogP contribution is 2.27. The number of nitrogens with one attached hydrogen (secondary N) is 1. The SMILES string of the molecule is Fc1ccc(CNc2ccc(C(F)(F)F)nn2)cc1F. The second-order valence-electron chi connectivity index (χ2n) is 3.90. The zero-order chi connectivity index (χ0) is 14.8. The number of nitrogens with zero attached hydrogens (tertiary/aromatic N) is 2. The van der Waals surface area contributed by atoms with E-state index in [0.29, 0.717) is 5.56 Å². The van der Waals surface area contributed by atoms with Crippen molar-refractivity contribution in [3.63, 3.8) is 0 Å². The molecule has 0 radical (unpaired) electrons. The first-order valence-electron chi connectivity index (χ1n) is 5.45. The topological polar surface area (TPSA) is 37.8 Å². The van der Waals surface area contributed by atoms with Gasteiger partial charge in [0.05, 0.1) is 0 Å². The molecular formula is C12H8F5N3. The molecule has 1 aromatic heterocycles. The quantitative estimate of drug-likeness (QED) is 0.880. The normalized spacial score (nSPS) is 11.4. The summed E-state index contributed by atoms with van der Waals surface area (Å²) in [5, 5.41) is 9.03. The molecule has 0 aliphatic rings. The summed E-state index contributed by atoms with van der Waals surface area (Å²) in [6.07, 6.45) is -4.55. The molecule has 1 heterocycles. The Morgan fingerprint density at radius 2 is 1.70 bits per heavy atom. The molecule has 0 atom stereocenters. The second-order valence-corrected chi connectivity index (χ2v) is 3.90. The summed E-state index contributed by atoms with van der Waals surface area (Å²) in [7, 11) is 0. The van der Waals surface area contributed by atoms with Crippen LogP contribution < -0.4 is 5.32 Å². The Hall–Kier alpha value is -2.25. The summed E-state index contributed by atoms with van der Waals surface area (Å²) in [5.74, 6) is -1.87. The Morgan fingerprint density at radius 3 is 2.25 bits per heavy atom. The van der Waals surface area contributed by atoms with Crippen molar-refractivity contribution in [2.75, 3.05) is 5.32 Å². The van der Waals surface area contributed by atoms with Gasteiger partial charge in [-0.25, -0.2) is 8.78 Å². The Kier molecular flexibility index (Phi) is 3.82. The van der Waals surface area contributed by atoms with Crippen molar-refractivity contribution in [3.8, 4) is 0 Å². The lowest BCUT2D eigenvalue weighted by Crippen LogP contribution is -2.10. The lowest BCUT2D eigenvalue weighted by Gasteiger charge is -2.07. The summed E-state index contributed by atoms with van der Waals surface area (Å²) in [6, 6.07) is 5.18. The van der Waals surface area contributed by atoms with Crippen LogP contribution in [-0.4, -0.2) is 10.2 Å². The second kappa shape index (κ2) is 5.40. The lowest BCUT2D eigenvalue weighted by atomic mass is 10.2. The summed E-state index contributed by atoms with van der Waals surface area (Å²) < 4.78 is 62.4. The maximum Gasteiger partial charge on any atom is 0.435 e. The van der Waals surface area contributed by atoms with E-state index >= 15 is 0 Å². The maximum absolute atomic E-state index is 12.9. The molecule has 0 saturated heterocycles. The molecular weight excluding hydrogens is 281 g/mol. The van der Waals surface area contributed by atoms with Crippen molar-refractivity contribution in [2.24, 2.45) is 0 Å². The summed E-state index contributed by atoms with van der Waals surface area (Å²) in [6.45, 7) is 0.0806. The minimum absolute atomic E-state index is 0.0806. The number of hydrogen-bond donors (Lipinski definition) is 1. The number of rotatable bonds is 3. The summed E-state index contributed by atoms with van der Waals surface area (Å²) in [5.41, 5.74) is -0.679. The van der Waals surface area contributed by atoms with Crippen LogP contribution in [0, 0.1) is 11.6 Å². The molecule has 1 aromatic carbocycles. The van der Waals surface area contributed by atoms with Gasteiger partial charge in [-0.15, -0.1) is 10.2 Å². The van der Waals surface area contributed by atoms with Gasteiger partial charge in [0.25, 0.3) is 0 Å². The van der Waals surface area contributed by atoms with Crippen LogP contribution in [0.2, 0.25) is 0 Å². The average Bonchev–Trinajstić information content (AvgIpc) is 2.40. The Labute approximate surface area is 110 Å². The van der Waals surface area contributed by atoms with E-state index in [1.807, 2.05) is 0 Å². The molecule has 0 aliphatic carbocycles. The third-order valence-corrected chi connectivity index (χ3v) is 2.41. The average molecular weight is 289 g/mol. The molecule has 0 unspecified atom stereocenters. The van der Waals surface area contributed by atoms with E-state index in [2.05, 4.69) is 15.5 Å². The molecule has 0 saturated carbocycles. The fourth-order valence-corrected chi connectivity index (χ4v) is 1.42. The van der Waals surface area contributed by atoms with Crippen LogP contribution in [0.4, 0.5) is 27.8 Å². The smallest absolute Gasteiger partial charge is 0.365 e. The Balaban J connectivity index is 2.02. The standard InChI is InChI=1S/C12H8F5N3/c13-8-2-1-7(5-9(8)14)6-18-11-4-3-10(19-20-11)12(15,16)17/h1-5H,6H2,(H,18,20). The van der Waals surface area contributed by atoms with Gasteiger partial charge in [-0.3, -0.25) is 0 Å². The molecule has 0 fully saturated rings. The molecule has 2 aromatic rings. The van der Waals surface area contributed by atoms with Crippen molar-refractivity contribution in [2.45, 2.75) is 12.7 Å². The zero-order valence-corrected chi connectivity index (χ0v) is 9.88. The summed E-state index contributed by atoms with van der Waals surface area (Å²) in [4.78, 5) is 0. The summed E-state index contributed by atoms with van der Waals surface area (Å²) >= 11 is 0. The van der Waals surface area contributed by atoms with E-state index in [0.717, 1.165) is 24.3 Å². The van der Waals surface area contributed by atoms with Crippen molar-refractivity contribution in [1.29, 1.82) is 0 Å². The van der Waals surface area contributed by atoms with Gasteiger partial charge in [0.15, 0.2) is 17.3 Å². The molecule has 0 bridgehead atoms. The van der Waals surface area contributed by atoms with Gasteiger partial charge in [0.1, 0.15) is 5.82 Å². The highest BCUT2D eigenvalue weighted by atomic mass is 19.4. The van der Waals surface area contributed by atoms with E-state index in [9.17, 15) is 22.0 Å². The predicted molar refractivity (Wildman–Crippen MR) is 60.7 cm³/mol. The van der Waals surface area contributed by atoms with Crippen LogP contribution in [0.15, 0.2) is 30.3 Å². The minimum Gasteiger partial charge on any atom is -0.365 e. The van der Waals surface area contributed by atoms with Crippen molar-refractivity contribution in [1.82, 2.24) is 10.2 Å². The van der Waals surface area contributed by atoms with Crippen LogP contribution in [0.1, 0.15) is 11.3 Å². The number of benzene rings is 1. The molecule has 0 spiro atoms. The minimum atomic E-state index is -4.55. The molecule has 2 rings (SSSR count). The van der Waals surface area contributed by atoms with Crippen molar-refractivity contribution in [3.05, 3.63) is 53.2 Å². The van der Waals surface area contributed by atoms with E-state index < -0.39 is 23.5 Å². The van der Waals surface area contributed by atoms with Gasteiger partial charge in [0.2, 0.25) is 0 Å². The predicted octanol–water partition coefficient (Wildman–Crippen LogP) is 3.39. The molecule has 0 amide bonds. The van der Waals surface area contributed by atoms with Gasteiger partial charge in [-0.2, -0.15) is 13.2 Å². The van der Waals surface area contributed by atoms with E-state index in [1.54, 1.807) is 0 Å². The molecule has 8 heteroatoms. The first-order valence-corrected chi connectivity index (χ1v) is 5.45. The van der Waals surface area contributed by atoms with Crippen LogP contribution >= 0.6 is 0 Å². The molecule has 20 heavy (non-hydrogen) atoms. The third kappa shape index (κ3) is 3.40. The van der Waals surface area contributed by atoms with Gasteiger partial charge >= 0.3 is 6.18 Å². The van der Waals surface area contributed by atoms with Crippen LogP contribution in [0.25, 0.3) is 0 Å². The molecule has 106 valence electrons. The van der Waals surface area contributed by atoms with Crippen LogP contribution in [-0.2, 0) is 12.7 Å². The zero-order valence-electron chi connectivity index (χ0n) is 9.88. The number of hydrogen-bond acceptors (Lipinski definition) is 3. The van der Waals surface area contributed by atoms with E-state index in [4.69, 9.17) is 0 Å². The number of alkyl halides is 3. The van der Waals surface area contributed by atoms with E-state index in [-0.39, 0.29) is 12.4 Å². The van der Waals surface area contributed by atoms with E-state index in [1.165, 1.54) is 6.07 Å². The number of aromatic nitrogens is 2. The number of halogens is 5. The first-order chi connectivity index (χ1) is 9.36. The van der Waals surface area contributed by atoms with Crippen LogP contribution in [0.3, 0.4) is 0 Å². The Morgan fingerprint density at radius 1 is 0.950 bits per heavy atom. The van der Waals surface area contributed by atoms with Crippen molar-refractivity contribution < 1.29 is 22.0 Å². The fourth-order valence-electron chi connectivity index (χ4n) is 1.42. The van der Waals surface area contributed by atoms with Gasteiger partial charge in [-0.05, 0) is 29.8 Å². The highest BCUT2D eigenvalue weighted by Gasteiger charge is 2.32. The molecule has 1 N–H and O–H groups in total. The fraction of sp³-hybridized carbons (Fsp3) is 0.167.